The van der Waals surface area contributed by atoms with E-state index in [0.29, 0.717) is 12.0 Å². The molecule has 0 heterocycles. The Balaban J connectivity index is 2.75. The first-order valence-corrected chi connectivity index (χ1v) is 6.13. The summed E-state index contributed by atoms with van der Waals surface area (Å²) >= 11 is 0. The molecular weight excluding hydrogens is 212 g/mol. The van der Waals surface area contributed by atoms with Crippen molar-refractivity contribution < 1.29 is 9.90 Å². The van der Waals surface area contributed by atoms with Crippen LogP contribution >= 0.6 is 0 Å². The van der Waals surface area contributed by atoms with Gasteiger partial charge in [0.1, 0.15) is 0 Å². The van der Waals surface area contributed by atoms with E-state index in [2.05, 4.69) is 19.1 Å². The maximum atomic E-state index is 11.1. The van der Waals surface area contributed by atoms with E-state index in [9.17, 15) is 4.79 Å². The molecule has 1 rings (SSSR count). The molecule has 0 saturated carbocycles. The van der Waals surface area contributed by atoms with Gasteiger partial charge in [-0.2, -0.15) is 0 Å². The van der Waals surface area contributed by atoms with Crippen molar-refractivity contribution in [3.63, 3.8) is 0 Å². The van der Waals surface area contributed by atoms with Crippen LogP contribution in [0.15, 0.2) is 30.4 Å². The molecule has 0 aliphatic heterocycles. The lowest BCUT2D eigenvalue weighted by atomic mass is 9.99. The number of benzene rings is 1. The standard InChI is InChI=1S/C15H20O2/c1-3-4-5-6-7-10-13-12(2)9-8-11-14(13)15(16)17/h6-9,11H,3-5,10H2,1-2H3,(H,16,17). The summed E-state index contributed by atoms with van der Waals surface area (Å²) in [7, 11) is 0. The van der Waals surface area contributed by atoms with Gasteiger partial charge >= 0.3 is 5.97 Å². The molecule has 0 saturated heterocycles. The molecule has 2 heteroatoms. The van der Waals surface area contributed by atoms with Gasteiger partial charge < -0.3 is 5.11 Å². The van der Waals surface area contributed by atoms with Gasteiger partial charge in [-0.25, -0.2) is 4.79 Å². The zero-order valence-electron chi connectivity index (χ0n) is 10.6. The topological polar surface area (TPSA) is 37.3 Å². The highest BCUT2D eigenvalue weighted by Crippen LogP contribution is 2.15. The predicted molar refractivity (Wildman–Crippen MR) is 70.5 cm³/mol. The molecule has 0 aromatic heterocycles. The number of unbranched alkanes of at least 4 members (excludes halogenated alkanes) is 2. The second-order valence-electron chi connectivity index (χ2n) is 4.22. The van der Waals surface area contributed by atoms with E-state index in [-0.39, 0.29) is 0 Å². The molecule has 0 aliphatic rings. The van der Waals surface area contributed by atoms with E-state index in [1.54, 1.807) is 12.1 Å². The molecule has 0 radical (unpaired) electrons. The van der Waals surface area contributed by atoms with Crippen LogP contribution in [0.5, 0.6) is 0 Å². The van der Waals surface area contributed by atoms with Crippen LogP contribution in [0.1, 0.15) is 47.7 Å². The maximum Gasteiger partial charge on any atom is 0.335 e. The Morgan fingerprint density at radius 2 is 2.12 bits per heavy atom. The Hall–Kier alpha value is -1.57. The van der Waals surface area contributed by atoms with Crippen molar-refractivity contribution in [2.45, 2.75) is 39.5 Å². The highest BCUT2D eigenvalue weighted by atomic mass is 16.4. The second-order valence-corrected chi connectivity index (χ2v) is 4.22. The lowest BCUT2D eigenvalue weighted by molar-refractivity contribution is 0.0695. The number of allylic oxidation sites excluding steroid dienone is 2. The molecule has 0 unspecified atom stereocenters. The molecule has 92 valence electrons. The molecule has 1 aromatic rings. The molecule has 0 fully saturated rings. The summed E-state index contributed by atoms with van der Waals surface area (Å²) in [5.74, 6) is -0.842. The van der Waals surface area contributed by atoms with Crippen LogP contribution in [0.4, 0.5) is 0 Å². The molecular formula is C15H20O2. The fraction of sp³-hybridized carbons (Fsp3) is 0.400. The summed E-state index contributed by atoms with van der Waals surface area (Å²) in [5.41, 5.74) is 2.39. The SMILES string of the molecule is CCCCC=CCc1c(C)cccc1C(=O)O. The van der Waals surface area contributed by atoms with Crippen LogP contribution < -0.4 is 0 Å². The number of aromatic carboxylic acids is 1. The Morgan fingerprint density at radius 3 is 2.76 bits per heavy atom. The Morgan fingerprint density at radius 1 is 1.35 bits per heavy atom. The van der Waals surface area contributed by atoms with Gasteiger partial charge in [0.05, 0.1) is 5.56 Å². The van der Waals surface area contributed by atoms with Crippen molar-refractivity contribution in [3.8, 4) is 0 Å². The van der Waals surface area contributed by atoms with Gasteiger partial charge in [-0.3, -0.25) is 0 Å². The third-order valence-corrected chi connectivity index (χ3v) is 2.85. The van der Waals surface area contributed by atoms with E-state index in [1.807, 2.05) is 13.0 Å². The van der Waals surface area contributed by atoms with E-state index >= 15 is 0 Å². The van der Waals surface area contributed by atoms with E-state index in [1.165, 1.54) is 12.8 Å². The van der Waals surface area contributed by atoms with Crippen molar-refractivity contribution in [1.29, 1.82) is 0 Å². The molecule has 2 nitrogen and oxygen atoms in total. The fourth-order valence-corrected chi connectivity index (χ4v) is 1.81. The minimum Gasteiger partial charge on any atom is -0.478 e. The van der Waals surface area contributed by atoms with Gasteiger partial charge in [0, 0.05) is 0 Å². The maximum absolute atomic E-state index is 11.1. The molecule has 0 bridgehead atoms. The number of carbonyl (C=O) groups is 1. The lowest BCUT2D eigenvalue weighted by Crippen LogP contribution is -2.03. The number of hydrogen-bond donors (Lipinski definition) is 1. The number of carboxylic acids is 1. The monoisotopic (exact) mass is 232 g/mol. The summed E-state index contributed by atoms with van der Waals surface area (Å²) < 4.78 is 0. The van der Waals surface area contributed by atoms with Crippen molar-refractivity contribution in [2.75, 3.05) is 0 Å². The first kappa shape index (κ1) is 13.5. The Bertz CT molecular complexity index is 405. The molecule has 0 aliphatic carbocycles. The van der Waals surface area contributed by atoms with Crippen molar-refractivity contribution in [3.05, 3.63) is 47.0 Å². The van der Waals surface area contributed by atoms with Crippen LogP contribution in [0.3, 0.4) is 0 Å². The zero-order chi connectivity index (χ0) is 12.7. The summed E-state index contributed by atoms with van der Waals surface area (Å²) in [6.45, 7) is 4.12. The van der Waals surface area contributed by atoms with E-state index in [4.69, 9.17) is 5.11 Å². The molecule has 0 amide bonds. The van der Waals surface area contributed by atoms with Crippen LogP contribution in [0.2, 0.25) is 0 Å². The third kappa shape index (κ3) is 4.06. The van der Waals surface area contributed by atoms with Crippen molar-refractivity contribution in [2.24, 2.45) is 0 Å². The molecule has 1 N–H and O–H groups in total. The van der Waals surface area contributed by atoms with Crippen LogP contribution in [0.25, 0.3) is 0 Å². The van der Waals surface area contributed by atoms with Crippen LogP contribution in [-0.4, -0.2) is 11.1 Å². The normalized spacial score (nSPS) is 10.9. The first-order valence-electron chi connectivity index (χ1n) is 6.13. The smallest absolute Gasteiger partial charge is 0.335 e. The van der Waals surface area contributed by atoms with Gasteiger partial charge in [0.25, 0.3) is 0 Å². The number of carboxylic acid groups (broad SMARTS) is 1. The van der Waals surface area contributed by atoms with Gasteiger partial charge in [0.15, 0.2) is 0 Å². The lowest BCUT2D eigenvalue weighted by Gasteiger charge is -2.06. The number of rotatable bonds is 6. The second kappa shape index (κ2) is 6.89. The zero-order valence-corrected chi connectivity index (χ0v) is 10.6. The van der Waals surface area contributed by atoms with Crippen LogP contribution in [-0.2, 0) is 6.42 Å². The average molecular weight is 232 g/mol. The fourth-order valence-electron chi connectivity index (χ4n) is 1.81. The molecule has 0 spiro atoms. The number of aryl methyl sites for hydroxylation is 1. The largest absolute Gasteiger partial charge is 0.478 e. The summed E-state index contributed by atoms with van der Waals surface area (Å²) in [6.07, 6.45) is 8.37. The van der Waals surface area contributed by atoms with E-state index in [0.717, 1.165) is 17.5 Å². The van der Waals surface area contributed by atoms with Gasteiger partial charge in [-0.15, -0.1) is 0 Å². The Kier molecular flexibility index (Phi) is 5.47. The highest BCUT2D eigenvalue weighted by Gasteiger charge is 2.09. The minimum atomic E-state index is -0.842. The average Bonchev–Trinajstić information content (AvgIpc) is 2.30. The number of hydrogen-bond acceptors (Lipinski definition) is 1. The highest BCUT2D eigenvalue weighted by molar-refractivity contribution is 5.89. The predicted octanol–water partition coefficient (Wildman–Crippen LogP) is 3.98. The minimum absolute atomic E-state index is 0.421. The van der Waals surface area contributed by atoms with Gasteiger partial charge in [0.2, 0.25) is 0 Å². The summed E-state index contributed by atoms with van der Waals surface area (Å²) in [4.78, 5) is 11.1. The van der Waals surface area contributed by atoms with Crippen molar-refractivity contribution >= 4 is 5.97 Å². The summed E-state index contributed by atoms with van der Waals surface area (Å²) in [5, 5.41) is 9.11. The summed E-state index contributed by atoms with van der Waals surface area (Å²) in [6, 6.07) is 5.43. The quantitative estimate of drug-likeness (QED) is 0.595. The molecule has 1 aromatic carbocycles. The molecule has 17 heavy (non-hydrogen) atoms. The molecule has 0 atom stereocenters. The Labute approximate surface area is 103 Å². The van der Waals surface area contributed by atoms with Crippen LogP contribution in [0, 0.1) is 6.92 Å². The van der Waals surface area contributed by atoms with Gasteiger partial charge in [-0.05, 0) is 37.0 Å². The van der Waals surface area contributed by atoms with E-state index < -0.39 is 5.97 Å². The first-order chi connectivity index (χ1) is 8.16. The van der Waals surface area contributed by atoms with Gasteiger partial charge in [-0.1, -0.05) is 44.1 Å². The third-order valence-electron chi connectivity index (χ3n) is 2.85. The van der Waals surface area contributed by atoms with Crippen molar-refractivity contribution in [1.82, 2.24) is 0 Å².